The maximum absolute atomic E-state index is 13.6. The summed E-state index contributed by atoms with van der Waals surface area (Å²) in [4.78, 5) is 31.1. The van der Waals surface area contributed by atoms with Crippen molar-refractivity contribution in [3.05, 3.63) is 60.6 Å². The van der Waals surface area contributed by atoms with Gasteiger partial charge in [-0.05, 0) is 74.3 Å². The van der Waals surface area contributed by atoms with Crippen LogP contribution in [0.2, 0.25) is 0 Å². The number of benzene rings is 1. The predicted molar refractivity (Wildman–Crippen MR) is 131 cm³/mol. The molecular formula is C27H33N5O. The first-order valence-corrected chi connectivity index (χ1v) is 12.3. The molecule has 1 amide bonds. The number of pyridine rings is 1. The molecule has 2 saturated heterocycles. The summed E-state index contributed by atoms with van der Waals surface area (Å²) in [5.74, 6) is 1.74. The number of hydrogen-bond acceptors (Lipinski definition) is 5. The molecule has 2 fully saturated rings. The fourth-order valence-electron chi connectivity index (χ4n) is 5.41. The zero-order chi connectivity index (χ0) is 22.7. The van der Waals surface area contributed by atoms with E-state index in [9.17, 15) is 4.79 Å². The minimum absolute atomic E-state index is 0.281. The van der Waals surface area contributed by atoms with E-state index in [1.54, 1.807) is 12.4 Å². The first-order chi connectivity index (χ1) is 16.1. The SMILES string of the molecule is CC1(C(=O)N2CCC[C@@H](Cc3ccc4ncccc4c3)CC2)CCN(c2ncccn2)CC1. The molecule has 6 heteroatoms. The summed E-state index contributed by atoms with van der Waals surface area (Å²) in [6.07, 6.45) is 11.6. The highest BCUT2D eigenvalue weighted by Gasteiger charge is 2.40. The topological polar surface area (TPSA) is 62.2 Å². The summed E-state index contributed by atoms with van der Waals surface area (Å²) in [5, 5.41) is 1.21. The van der Waals surface area contributed by atoms with Crippen molar-refractivity contribution in [3.8, 4) is 0 Å². The van der Waals surface area contributed by atoms with Crippen molar-refractivity contribution in [2.75, 3.05) is 31.1 Å². The minimum Gasteiger partial charge on any atom is -0.342 e. The van der Waals surface area contributed by atoms with Gasteiger partial charge in [-0.2, -0.15) is 0 Å². The van der Waals surface area contributed by atoms with Gasteiger partial charge in [0.05, 0.1) is 5.52 Å². The van der Waals surface area contributed by atoms with Crippen molar-refractivity contribution in [1.82, 2.24) is 19.9 Å². The lowest BCUT2D eigenvalue weighted by atomic mass is 9.79. The molecular weight excluding hydrogens is 410 g/mol. The molecule has 0 saturated carbocycles. The van der Waals surface area contributed by atoms with Gasteiger partial charge in [0.2, 0.25) is 11.9 Å². The number of likely N-dealkylation sites (tertiary alicyclic amines) is 1. The fourth-order valence-corrected chi connectivity index (χ4v) is 5.41. The van der Waals surface area contributed by atoms with Crippen LogP contribution in [0.15, 0.2) is 55.0 Å². The molecule has 1 atom stereocenters. The van der Waals surface area contributed by atoms with Crippen LogP contribution in [-0.2, 0) is 11.2 Å². The number of rotatable bonds is 4. The summed E-state index contributed by atoms with van der Waals surface area (Å²) in [6, 6.07) is 12.6. The van der Waals surface area contributed by atoms with E-state index in [1.807, 2.05) is 18.3 Å². The summed E-state index contributed by atoms with van der Waals surface area (Å²) < 4.78 is 0. The Hall–Kier alpha value is -3.02. The quantitative estimate of drug-likeness (QED) is 0.594. The summed E-state index contributed by atoms with van der Waals surface area (Å²) in [7, 11) is 0. The average Bonchev–Trinajstić information content (AvgIpc) is 3.10. The molecule has 4 heterocycles. The molecule has 172 valence electrons. The lowest BCUT2D eigenvalue weighted by Crippen LogP contribution is -2.49. The normalized spacial score (nSPS) is 21.1. The molecule has 5 rings (SSSR count). The summed E-state index contributed by atoms with van der Waals surface area (Å²) >= 11 is 0. The Morgan fingerprint density at radius 1 is 0.970 bits per heavy atom. The first-order valence-electron chi connectivity index (χ1n) is 12.3. The lowest BCUT2D eigenvalue weighted by molar-refractivity contribution is -0.142. The van der Waals surface area contributed by atoms with E-state index in [4.69, 9.17) is 0 Å². The van der Waals surface area contributed by atoms with Gasteiger partial charge in [-0.25, -0.2) is 9.97 Å². The molecule has 0 spiro atoms. The highest BCUT2D eigenvalue weighted by molar-refractivity contribution is 5.83. The number of aromatic nitrogens is 3. The van der Waals surface area contributed by atoms with Gasteiger partial charge in [-0.1, -0.05) is 19.1 Å². The van der Waals surface area contributed by atoms with E-state index in [2.05, 4.69) is 55.9 Å². The third-order valence-corrected chi connectivity index (χ3v) is 7.54. The van der Waals surface area contributed by atoms with E-state index in [1.165, 1.54) is 17.4 Å². The number of fused-ring (bicyclic) bond motifs is 1. The van der Waals surface area contributed by atoms with Crippen LogP contribution in [0.4, 0.5) is 5.95 Å². The Balaban J connectivity index is 1.17. The number of carbonyl (C=O) groups excluding carboxylic acids is 1. The second-order valence-corrected chi connectivity index (χ2v) is 9.92. The number of amides is 1. The Bertz CT molecular complexity index is 1090. The second kappa shape index (κ2) is 9.46. The number of hydrogen-bond donors (Lipinski definition) is 0. The molecule has 2 aromatic heterocycles. The predicted octanol–water partition coefficient (Wildman–Crippen LogP) is 4.50. The highest BCUT2D eigenvalue weighted by Crippen LogP contribution is 2.35. The Labute approximate surface area is 196 Å². The van der Waals surface area contributed by atoms with Crippen molar-refractivity contribution in [3.63, 3.8) is 0 Å². The van der Waals surface area contributed by atoms with Crippen LogP contribution in [0.5, 0.6) is 0 Å². The van der Waals surface area contributed by atoms with Gasteiger partial charge in [0, 0.05) is 55.6 Å². The first kappa shape index (κ1) is 21.8. The monoisotopic (exact) mass is 443 g/mol. The molecule has 0 unspecified atom stereocenters. The zero-order valence-corrected chi connectivity index (χ0v) is 19.5. The van der Waals surface area contributed by atoms with Crippen LogP contribution in [0.3, 0.4) is 0 Å². The third-order valence-electron chi connectivity index (χ3n) is 7.54. The van der Waals surface area contributed by atoms with E-state index in [0.717, 1.165) is 69.7 Å². The van der Waals surface area contributed by atoms with E-state index >= 15 is 0 Å². The molecule has 6 nitrogen and oxygen atoms in total. The molecule has 0 bridgehead atoms. The van der Waals surface area contributed by atoms with Gasteiger partial charge < -0.3 is 9.80 Å². The lowest BCUT2D eigenvalue weighted by Gasteiger charge is -2.41. The second-order valence-electron chi connectivity index (χ2n) is 9.92. The smallest absolute Gasteiger partial charge is 0.228 e. The van der Waals surface area contributed by atoms with Crippen LogP contribution in [0.25, 0.3) is 10.9 Å². The van der Waals surface area contributed by atoms with Gasteiger partial charge >= 0.3 is 0 Å². The van der Waals surface area contributed by atoms with Crippen LogP contribution in [0.1, 0.15) is 44.6 Å². The third kappa shape index (κ3) is 4.85. The molecule has 2 aliphatic heterocycles. The fraction of sp³-hybridized carbons (Fsp3) is 0.481. The Kier molecular flexibility index (Phi) is 6.25. The summed E-state index contributed by atoms with van der Waals surface area (Å²) in [5.41, 5.74) is 2.15. The van der Waals surface area contributed by atoms with Gasteiger partial charge in [-0.3, -0.25) is 9.78 Å². The average molecular weight is 444 g/mol. The van der Waals surface area contributed by atoms with Crippen molar-refractivity contribution < 1.29 is 4.79 Å². The van der Waals surface area contributed by atoms with Crippen molar-refractivity contribution in [2.24, 2.45) is 11.3 Å². The van der Waals surface area contributed by atoms with Gasteiger partial charge in [0.25, 0.3) is 0 Å². The highest BCUT2D eigenvalue weighted by atomic mass is 16.2. The van der Waals surface area contributed by atoms with Gasteiger partial charge in [-0.15, -0.1) is 0 Å². The van der Waals surface area contributed by atoms with Crippen LogP contribution >= 0.6 is 0 Å². The molecule has 0 N–H and O–H groups in total. The maximum atomic E-state index is 13.6. The molecule has 3 aromatic rings. The van der Waals surface area contributed by atoms with E-state index < -0.39 is 0 Å². The summed E-state index contributed by atoms with van der Waals surface area (Å²) in [6.45, 7) is 5.58. The number of piperidine rings is 1. The van der Waals surface area contributed by atoms with Crippen LogP contribution in [0, 0.1) is 11.3 Å². The number of anilines is 1. The van der Waals surface area contributed by atoms with Crippen molar-refractivity contribution in [2.45, 2.75) is 45.4 Å². The number of carbonyl (C=O) groups is 1. The molecule has 1 aromatic carbocycles. The van der Waals surface area contributed by atoms with Crippen molar-refractivity contribution in [1.29, 1.82) is 0 Å². The van der Waals surface area contributed by atoms with Crippen LogP contribution in [-0.4, -0.2) is 51.9 Å². The molecule has 33 heavy (non-hydrogen) atoms. The minimum atomic E-state index is -0.281. The molecule has 2 aliphatic rings. The standard InChI is InChI=1S/C27H33N5O/c1-27(10-17-32(18-11-27)26-29-13-4-14-30-26)25(33)31-15-3-5-21(9-16-31)19-22-7-8-24-23(20-22)6-2-12-28-24/h2,4,6-8,12-14,20-21H,3,5,9-11,15-19H2,1H3/t21-/m1/s1. The maximum Gasteiger partial charge on any atom is 0.228 e. The van der Waals surface area contributed by atoms with Gasteiger partial charge in [0.15, 0.2) is 0 Å². The number of nitrogens with zero attached hydrogens (tertiary/aromatic N) is 5. The van der Waals surface area contributed by atoms with E-state index in [-0.39, 0.29) is 5.41 Å². The largest absolute Gasteiger partial charge is 0.342 e. The van der Waals surface area contributed by atoms with E-state index in [0.29, 0.717) is 11.8 Å². The Morgan fingerprint density at radius 3 is 2.58 bits per heavy atom. The van der Waals surface area contributed by atoms with Gasteiger partial charge in [0.1, 0.15) is 0 Å². The van der Waals surface area contributed by atoms with Crippen molar-refractivity contribution >= 4 is 22.8 Å². The molecule has 0 radical (unpaired) electrons. The zero-order valence-electron chi connectivity index (χ0n) is 19.5. The Morgan fingerprint density at radius 2 is 1.76 bits per heavy atom. The van der Waals surface area contributed by atoms with Crippen LogP contribution < -0.4 is 4.90 Å². The molecule has 0 aliphatic carbocycles.